The topological polar surface area (TPSA) is 33.6 Å². The van der Waals surface area contributed by atoms with Crippen molar-refractivity contribution in [2.24, 2.45) is 0 Å². The Morgan fingerprint density at radius 1 is 0.224 bits per heavy atom. The lowest BCUT2D eigenvalue weighted by atomic mass is 9.83. The van der Waals surface area contributed by atoms with E-state index in [1.165, 1.54) is 0 Å². The van der Waals surface area contributed by atoms with E-state index >= 15 is 0 Å². The zero-order valence-corrected chi connectivity index (χ0v) is 41.5. The van der Waals surface area contributed by atoms with Gasteiger partial charge in [0.25, 0.3) is 0 Å². The first-order valence-electron chi connectivity index (χ1n) is 25.9. The monoisotopic (exact) mass is 965 g/mol. The van der Waals surface area contributed by atoms with Crippen molar-refractivity contribution in [3.05, 3.63) is 291 Å². The van der Waals surface area contributed by atoms with Gasteiger partial charge in [-0.2, -0.15) is 5.26 Å². The van der Waals surface area contributed by atoms with E-state index in [2.05, 4.69) is 300 Å². The molecule has 14 aromatic rings. The highest BCUT2D eigenvalue weighted by atomic mass is 15.0. The summed E-state index contributed by atoms with van der Waals surface area (Å²) in [6.07, 6.45) is 0. The van der Waals surface area contributed by atoms with Crippen LogP contribution in [-0.4, -0.2) is 9.13 Å². The van der Waals surface area contributed by atoms with E-state index in [-0.39, 0.29) is 0 Å². The minimum absolute atomic E-state index is 0.593. The summed E-state index contributed by atoms with van der Waals surface area (Å²) in [4.78, 5) is 0. The maximum absolute atomic E-state index is 12.3. The Hall–Kier alpha value is -10.3. The fraction of sp³-hybridized carbons (Fsp3) is 0. The third-order valence-electron chi connectivity index (χ3n) is 15.2. The zero-order valence-electron chi connectivity index (χ0n) is 41.5. The van der Waals surface area contributed by atoms with Crippen LogP contribution in [0.1, 0.15) is 5.56 Å². The zero-order chi connectivity index (χ0) is 50.5. The molecule has 0 saturated heterocycles. The summed E-state index contributed by atoms with van der Waals surface area (Å²) < 4.78 is 4.93. The van der Waals surface area contributed by atoms with Gasteiger partial charge >= 0.3 is 0 Å². The molecule has 0 aliphatic carbocycles. The van der Waals surface area contributed by atoms with Crippen LogP contribution in [0.2, 0.25) is 0 Å². The van der Waals surface area contributed by atoms with E-state index in [0.29, 0.717) is 5.56 Å². The summed E-state index contributed by atoms with van der Waals surface area (Å²) in [6.45, 7) is 0. The molecular weight excluding hydrogens is 919 g/mol. The van der Waals surface area contributed by atoms with E-state index in [0.717, 1.165) is 133 Å². The minimum atomic E-state index is 0.593. The number of benzene rings is 12. The van der Waals surface area contributed by atoms with Gasteiger partial charge in [-0.3, -0.25) is 0 Å². The Bertz CT molecular complexity index is 4060. The number of hydrogen-bond donors (Lipinski definition) is 0. The normalized spacial score (nSPS) is 11.4. The first-order chi connectivity index (χ1) is 37.7. The van der Waals surface area contributed by atoms with Crippen LogP contribution in [-0.2, 0) is 0 Å². The summed E-state index contributed by atoms with van der Waals surface area (Å²) in [5.74, 6) is 0. The Morgan fingerprint density at radius 3 is 0.684 bits per heavy atom. The maximum atomic E-state index is 12.3. The van der Waals surface area contributed by atoms with Crippen molar-refractivity contribution in [2.45, 2.75) is 0 Å². The molecule has 0 bridgehead atoms. The van der Waals surface area contributed by atoms with Gasteiger partial charge in [0.05, 0.1) is 39.0 Å². The number of nitrogens with zero attached hydrogens (tertiary/aromatic N) is 3. The van der Waals surface area contributed by atoms with Gasteiger partial charge in [-0.25, -0.2) is 0 Å². The van der Waals surface area contributed by atoms with Crippen LogP contribution < -0.4 is 0 Å². The third-order valence-corrected chi connectivity index (χ3v) is 15.2. The SMILES string of the molecule is N#Cc1c(-c2ccccc2)c(-n2c3ccc(-c4ccccc4)cc3c3cc(-c4ccccc4)ccc32)c(-c2ccccc2)c(-n2c3ccc(-c4ccccc4)cc3c3cc(-c4ccccc4)ccc32)c1-c1ccccc1. The van der Waals surface area contributed by atoms with Gasteiger partial charge in [0.15, 0.2) is 0 Å². The van der Waals surface area contributed by atoms with Gasteiger partial charge in [-0.15, -0.1) is 0 Å². The molecule has 3 heteroatoms. The van der Waals surface area contributed by atoms with Gasteiger partial charge in [-0.1, -0.05) is 237 Å². The molecule has 3 nitrogen and oxygen atoms in total. The minimum Gasteiger partial charge on any atom is -0.308 e. The Morgan fingerprint density at radius 2 is 0.447 bits per heavy atom. The lowest BCUT2D eigenvalue weighted by Crippen LogP contribution is -2.10. The average molecular weight is 966 g/mol. The molecule has 2 aromatic heterocycles. The summed E-state index contributed by atoms with van der Waals surface area (Å²) in [7, 11) is 0. The first-order valence-corrected chi connectivity index (χ1v) is 25.9. The molecule has 0 fully saturated rings. The maximum Gasteiger partial charge on any atom is 0.101 e. The largest absolute Gasteiger partial charge is 0.308 e. The summed E-state index contributed by atoms with van der Waals surface area (Å²) in [5.41, 5.74) is 21.4. The molecule has 0 saturated carbocycles. The highest BCUT2D eigenvalue weighted by Crippen LogP contribution is 2.53. The molecule has 0 radical (unpaired) electrons. The fourth-order valence-corrected chi connectivity index (χ4v) is 11.7. The van der Waals surface area contributed by atoms with Crippen molar-refractivity contribution in [3.8, 4) is 95.3 Å². The van der Waals surface area contributed by atoms with E-state index < -0.39 is 0 Å². The molecule has 0 amide bonds. The van der Waals surface area contributed by atoms with E-state index in [4.69, 9.17) is 0 Å². The van der Waals surface area contributed by atoms with Crippen molar-refractivity contribution in [2.75, 3.05) is 0 Å². The summed E-state index contributed by atoms with van der Waals surface area (Å²) in [5, 5.41) is 16.8. The molecule has 76 heavy (non-hydrogen) atoms. The molecule has 0 unspecified atom stereocenters. The lowest BCUT2D eigenvalue weighted by molar-refractivity contribution is 1.14. The molecule has 0 aliphatic rings. The standard InChI is InChI=1S/C73H47N3/c74-48-64-69(53-30-16-5-17-31-53)72(75-65-40-36-56(49-22-8-1-9-23-49)44-60(65)61-45-57(37-41-66(61)75)50-24-10-2-11-25-50)71(55-34-20-7-21-35-55)73(70(64)54-32-18-6-19-33-54)76-67-42-38-58(51-26-12-3-13-27-51)46-62(67)63-47-59(39-43-68(63)76)52-28-14-4-15-29-52/h1-47H. The number of rotatable bonds is 9. The quantitative estimate of drug-likeness (QED) is 0.142. The molecule has 2 heterocycles. The van der Waals surface area contributed by atoms with Gasteiger partial charge < -0.3 is 9.13 Å². The first kappa shape index (κ1) is 44.4. The predicted molar refractivity (Wildman–Crippen MR) is 318 cm³/mol. The van der Waals surface area contributed by atoms with Crippen LogP contribution in [0.5, 0.6) is 0 Å². The Kier molecular flexibility index (Phi) is 10.9. The van der Waals surface area contributed by atoms with Crippen molar-refractivity contribution in [3.63, 3.8) is 0 Å². The van der Waals surface area contributed by atoms with Crippen molar-refractivity contribution < 1.29 is 0 Å². The summed E-state index contributed by atoms with van der Waals surface area (Å²) in [6, 6.07) is 105. The van der Waals surface area contributed by atoms with Crippen LogP contribution in [0.25, 0.3) is 133 Å². The molecule has 0 atom stereocenters. The van der Waals surface area contributed by atoms with Crippen molar-refractivity contribution in [1.82, 2.24) is 9.13 Å². The van der Waals surface area contributed by atoms with Crippen molar-refractivity contribution in [1.29, 1.82) is 5.26 Å². The molecule has 0 spiro atoms. The molecule has 0 aliphatic heterocycles. The second kappa shape index (κ2) is 18.6. The summed E-state index contributed by atoms with van der Waals surface area (Å²) >= 11 is 0. The van der Waals surface area contributed by atoms with E-state index in [9.17, 15) is 5.26 Å². The van der Waals surface area contributed by atoms with Gasteiger partial charge in [0, 0.05) is 38.2 Å². The van der Waals surface area contributed by atoms with E-state index in [1.54, 1.807) is 0 Å². The Labute approximate surface area is 441 Å². The van der Waals surface area contributed by atoms with Crippen LogP contribution in [0.4, 0.5) is 0 Å². The van der Waals surface area contributed by atoms with Gasteiger partial charge in [0.1, 0.15) is 6.07 Å². The number of nitriles is 1. The molecule has 354 valence electrons. The number of aromatic nitrogens is 2. The van der Waals surface area contributed by atoms with Crippen LogP contribution in [0.3, 0.4) is 0 Å². The molecular formula is C73H47N3. The number of fused-ring (bicyclic) bond motifs is 6. The highest BCUT2D eigenvalue weighted by molar-refractivity contribution is 6.17. The second-order valence-corrected chi connectivity index (χ2v) is 19.5. The third kappa shape index (κ3) is 7.43. The van der Waals surface area contributed by atoms with Crippen LogP contribution in [0, 0.1) is 11.3 Å². The highest BCUT2D eigenvalue weighted by Gasteiger charge is 2.32. The Balaban J connectivity index is 1.21. The van der Waals surface area contributed by atoms with Crippen LogP contribution in [0.15, 0.2) is 285 Å². The molecule has 14 rings (SSSR count). The smallest absolute Gasteiger partial charge is 0.101 e. The van der Waals surface area contributed by atoms with Gasteiger partial charge in [0.2, 0.25) is 0 Å². The second-order valence-electron chi connectivity index (χ2n) is 19.5. The fourth-order valence-electron chi connectivity index (χ4n) is 11.7. The average Bonchev–Trinajstić information content (AvgIpc) is 4.18. The van der Waals surface area contributed by atoms with E-state index in [1.807, 2.05) is 0 Å². The van der Waals surface area contributed by atoms with Crippen LogP contribution >= 0.6 is 0 Å². The van der Waals surface area contributed by atoms with Crippen molar-refractivity contribution >= 4 is 43.6 Å². The predicted octanol–water partition coefficient (Wildman–Crippen LogP) is 19.4. The molecule has 0 N–H and O–H groups in total. The molecule has 12 aromatic carbocycles. The number of hydrogen-bond acceptors (Lipinski definition) is 1. The lowest BCUT2D eigenvalue weighted by Gasteiger charge is -2.28. The van der Waals surface area contributed by atoms with Gasteiger partial charge in [-0.05, 0) is 110 Å².